The Hall–Kier alpha value is -4.33. The number of amides is 1. The second-order valence-electron chi connectivity index (χ2n) is 31.0. The summed E-state index contributed by atoms with van der Waals surface area (Å²) in [6.45, 7) is 1.61. The molecule has 0 radical (unpaired) electrons. The Balaban J connectivity index is 1.36. The van der Waals surface area contributed by atoms with Crippen LogP contribution in [0.25, 0.3) is 0 Å². The second kappa shape index (κ2) is 71.8. The van der Waals surface area contributed by atoms with Crippen molar-refractivity contribution in [2.24, 2.45) is 0 Å². The predicted molar refractivity (Wildman–Crippen MR) is 456 cm³/mol. The summed E-state index contributed by atoms with van der Waals surface area (Å²) in [5, 5.41) is 121. The Bertz CT molecular complexity index is 2610. The molecule has 3 heterocycles. The molecular weight excluding hydrogens is 1430 g/mol. The molecule has 19 nitrogen and oxygen atoms in total. The summed E-state index contributed by atoms with van der Waals surface area (Å²) in [5.41, 5.74) is 0. The van der Waals surface area contributed by atoms with Crippen LogP contribution in [-0.4, -0.2) is 193 Å². The average Bonchev–Trinajstić information content (AvgIpc) is 0.779. The number of carbonyl (C=O) groups is 1. The van der Waals surface area contributed by atoms with Crippen molar-refractivity contribution in [3.05, 3.63) is 146 Å². The highest BCUT2D eigenvalue weighted by molar-refractivity contribution is 5.76. The Morgan fingerprint density at radius 3 is 0.991 bits per heavy atom. The molecule has 1 amide bonds. The largest absolute Gasteiger partial charge is 0.394 e. The van der Waals surface area contributed by atoms with Gasteiger partial charge in [-0.3, -0.25) is 4.79 Å². The fraction of sp³-hybridized carbons (Fsp3) is 0.734. The monoisotopic (exact) mass is 1590 g/mol. The highest BCUT2D eigenvalue weighted by Gasteiger charge is 2.54. The summed E-state index contributed by atoms with van der Waals surface area (Å²) in [7, 11) is 0. The first kappa shape index (κ1) is 103. The molecule has 0 bridgehead atoms. The van der Waals surface area contributed by atoms with E-state index in [0.29, 0.717) is 12.8 Å². The van der Waals surface area contributed by atoms with Gasteiger partial charge in [0, 0.05) is 6.42 Å². The van der Waals surface area contributed by atoms with E-state index < -0.39 is 124 Å². The molecule has 0 aromatic heterocycles. The normalized spacial score (nSPS) is 25.5. The van der Waals surface area contributed by atoms with E-state index >= 15 is 0 Å². The number of unbranched alkanes of at least 4 members (excludes halogenated alkanes) is 32. The number of aliphatic hydroxyl groups excluding tert-OH is 11. The minimum atomic E-state index is -1.99. The van der Waals surface area contributed by atoms with Gasteiger partial charge in [-0.1, -0.05) is 333 Å². The fourth-order valence-electron chi connectivity index (χ4n) is 14.0. The maximum absolute atomic E-state index is 13.5. The van der Waals surface area contributed by atoms with Crippen LogP contribution in [0.5, 0.6) is 0 Å². The third kappa shape index (κ3) is 50.3. The minimum Gasteiger partial charge on any atom is -0.394 e. The van der Waals surface area contributed by atoms with E-state index in [1.165, 1.54) is 161 Å². The predicted octanol–water partition coefficient (Wildman–Crippen LogP) is 17.0. The van der Waals surface area contributed by atoms with E-state index in [2.05, 4.69) is 153 Å². The molecule has 17 atom stereocenters. The third-order valence-electron chi connectivity index (χ3n) is 21.1. The highest BCUT2D eigenvalue weighted by atomic mass is 16.8. The van der Waals surface area contributed by atoms with Gasteiger partial charge in [0.05, 0.1) is 38.6 Å². The minimum absolute atomic E-state index is 0.215. The van der Waals surface area contributed by atoms with Crippen molar-refractivity contribution >= 4 is 5.91 Å². The molecule has 3 fully saturated rings. The van der Waals surface area contributed by atoms with Crippen molar-refractivity contribution in [2.75, 3.05) is 26.4 Å². The van der Waals surface area contributed by atoms with Crippen molar-refractivity contribution in [3.63, 3.8) is 0 Å². The number of carbonyl (C=O) groups excluding carboxylic acids is 1. The van der Waals surface area contributed by atoms with Crippen LogP contribution in [0.1, 0.15) is 309 Å². The highest BCUT2D eigenvalue weighted by Crippen LogP contribution is 2.33. The number of rotatable bonds is 70. The van der Waals surface area contributed by atoms with Gasteiger partial charge in [0.1, 0.15) is 73.2 Å². The molecule has 3 aliphatic rings. The number of nitrogens with one attached hydrogen (secondary N) is 1. The zero-order valence-corrected chi connectivity index (χ0v) is 69.8. The molecule has 0 saturated carbocycles. The molecule has 0 aromatic carbocycles. The van der Waals surface area contributed by atoms with E-state index in [9.17, 15) is 61.0 Å². The Morgan fingerprint density at radius 1 is 0.327 bits per heavy atom. The van der Waals surface area contributed by atoms with Crippen molar-refractivity contribution in [1.82, 2.24) is 5.32 Å². The van der Waals surface area contributed by atoms with Gasteiger partial charge >= 0.3 is 0 Å². The Labute approximate surface area is 683 Å². The first-order valence-electron chi connectivity index (χ1n) is 44.6. The maximum Gasteiger partial charge on any atom is 0.220 e. The molecule has 3 aliphatic heterocycles. The van der Waals surface area contributed by atoms with Gasteiger partial charge in [-0.15, -0.1) is 0 Å². The van der Waals surface area contributed by atoms with Crippen LogP contribution in [0, 0.1) is 0 Å². The molecule has 0 aliphatic carbocycles. The van der Waals surface area contributed by atoms with Crippen molar-refractivity contribution in [3.8, 4) is 0 Å². The number of hydrogen-bond acceptors (Lipinski definition) is 18. The van der Waals surface area contributed by atoms with Crippen LogP contribution >= 0.6 is 0 Å². The Morgan fingerprint density at radius 2 is 0.619 bits per heavy atom. The molecule has 3 rings (SSSR count). The summed E-state index contributed by atoms with van der Waals surface area (Å²) >= 11 is 0. The molecule has 19 heteroatoms. The summed E-state index contributed by atoms with van der Waals surface area (Å²) in [6, 6.07) is -1.01. The molecule has 12 N–H and O–H groups in total. The lowest BCUT2D eigenvalue weighted by Gasteiger charge is -2.48. The van der Waals surface area contributed by atoms with Crippen LogP contribution in [0.4, 0.5) is 0 Å². The number of aliphatic hydroxyl groups is 11. The van der Waals surface area contributed by atoms with Crippen molar-refractivity contribution in [2.45, 2.75) is 413 Å². The first-order chi connectivity index (χ1) is 55.3. The van der Waals surface area contributed by atoms with E-state index in [0.717, 1.165) is 116 Å². The summed E-state index contributed by atoms with van der Waals surface area (Å²) < 4.78 is 34.5. The zero-order valence-electron chi connectivity index (χ0n) is 69.8. The van der Waals surface area contributed by atoms with Crippen molar-refractivity contribution < 1.29 is 89.4 Å². The van der Waals surface area contributed by atoms with E-state index in [4.69, 9.17) is 28.4 Å². The topological polar surface area (TPSA) is 307 Å². The SMILES string of the molecule is CC/C=C\C/C=C\C/C=C\C/C=C\C/C=C\C/C=C\C/C=C\C/C=C\C/C=C\CCCCCCCCCCCC(=O)NC(COC1OC(CO)C(OC2OC(CO)C(OC3OC(CO)C(O)C(O)C3O)C(O)C2O)C(O)C1O)C(O)/C=C/CC/C=C/CC/C=C/CCCCCCCCCCCCCCCCCCCCCCC. The first-order valence-corrected chi connectivity index (χ1v) is 44.6. The smallest absolute Gasteiger partial charge is 0.220 e. The number of ether oxygens (including phenoxy) is 6. The maximum atomic E-state index is 13.5. The Kier molecular flexibility index (Phi) is 65.3. The van der Waals surface area contributed by atoms with Gasteiger partial charge in [-0.05, 0) is 116 Å². The molecule has 648 valence electrons. The average molecular weight is 1590 g/mol. The summed E-state index contributed by atoms with van der Waals surface area (Å²) in [5.74, 6) is -0.299. The molecule has 17 unspecified atom stereocenters. The summed E-state index contributed by atoms with van der Waals surface area (Å²) in [4.78, 5) is 13.5. The van der Waals surface area contributed by atoms with E-state index in [1.54, 1.807) is 6.08 Å². The number of allylic oxidation sites excluding steroid dienone is 23. The van der Waals surface area contributed by atoms with E-state index in [-0.39, 0.29) is 18.9 Å². The zero-order chi connectivity index (χ0) is 81.7. The van der Waals surface area contributed by atoms with Crippen LogP contribution in [0.2, 0.25) is 0 Å². The molecule has 3 saturated heterocycles. The lowest BCUT2D eigenvalue weighted by atomic mass is 9.96. The van der Waals surface area contributed by atoms with Gasteiger partial charge in [0.25, 0.3) is 0 Å². The van der Waals surface area contributed by atoms with Gasteiger partial charge in [-0.25, -0.2) is 0 Å². The van der Waals surface area contributed by atoms with Crippen LogP contribution in [0.15, 0.2) is 146 Å². The van der Waals surface area contributed by atoms with Gasteiger partial charge in [0.2, 0.25) is 5.91 Å². The van der Waals surface area contributed by atoms with E-state index in [1.807, 2.05) is 6.08 Å². The molecule has 0 spiro atoms. The lowest BCUT2D eigenvalue weighted by molar-refractivity contribution is -0.379. The van der Waals surface area contributed by atoms with Crippen molar-refractivity contribution in [1.29, 1.82) is 0 Å². The summed E-state index contributed by atoms with van der Waals surface area (Å²) in [6.07, 6.45) is 78.4. The molecule has 0 aromatic rings. The molecule has 113 heavy (non-hydrogen) atoms. The third-order valence-corrected chi connectivity index (χ3v) is 21.1. The van der Waals surface area contributed by atoms with Gasteiger partial charge < -0.3 is 89.9 Å². The lowest BCUT2D eigenvalue weighted by Crippen LogP contribution is -2.66. The van der Waals surface area contributed by atoms with Crippen LogP contribution in [0.3, 0.4) is 0 Å². The van der Waals surface area contributed by atoms with Crippen LogP contribution in [-0.2, 0) is 33.2 Å². The molecular formula is C94H159NO18. The fourth-order valence-corrected chi connectivity index (χ4v) is 14.0. The second-order valence-corrected chi connectivity index (χ2v) is 31.0. The standard InChI is InChI=1S/C94H159NO18/c1-3-5-7-9-11-13-15-17-19-21-23-25-27-29-31-33-35-36-37-38-39-40-42-44-46-48-50-52-54-56-58-60-62-64-66-68-70-72-82(100)95-77(78(99)71-69-67-65-63-61-59-57-55-53-51-49-47-45-43-41-34-32-30-28-26-24-22-20-18-16-14-12-10-8-6-4-2)76-108-92-88(106)85(103)90(80(74-97)110-92)113-94-89(107)86(104)91(81(75-98)111-94)112-93-87(105)84(102)83(101)79(73-96)109-93/h5,7,11,13,17,19,23,25,29,31,35-36,38-39,42,44,48,50,53,55,61,63,69,71,77-81,83-94,96-99,101-107H,3-4,6,8-10,12,14-16,18,20-22,24,26-28,30,32-34,37,40-41,43,45-47,49,51-52,54,56-60,62,64-68,70,72-76H2,1-2H3,(H,95,100)/b7-5-,13-11-,19-17-,25-23-,31-29-,36-35-,39-38-,44-42-,50-48-,55-53+,63-61+,71-69+. The van der Waals surface area contributed by atoms with Crippen LogP contribution < -0.4 is 5.32 Å². The number of hydrogen-bond donors (Lipinski definition) is 12. The van der Waals surface area contributed by atoms with Gasteiger partial charge in [0.15, 0.2) is 18.9 Å². The van der Waals surface area contributed by atoms with Gasteiger partial charge in [-0.2, -0.15) is 0 Å². The quantitative estimate of drug-likeness (QED) is 0.0199.